The van der Waals surface area contributed by atoms with Crippen molar-refractivity contribution in [3.8, 4) is 0 Å². The topological polar surface area (TPSA) is 118 Å². The number of pyridine rings is 1. The molecule has 0 spiro atoms. The van der Waals surface area contributed by atoms with Crippen molar-refractivity contribution in [2.75, 3.05) is 0 Å². The zero-order valence-corrected chi connectivity index (χ0v) is 20.5. The summed E-state index contributed by atoms with van der Waals surface area (Å²) in [5, 5.41) is 5.16. The zero-order valence-electron chi connectivity index (χ0n) is 20.5. The molecule has 3 heterocycles. The molecule has 2 aliphatic heterocycles. The molecule has 5 rings (SSSR count). The number of aromatic nitrogens is 1. The lowest BCUT2D eigenvalue weighted by molar-refractivity contribution is -0.136. The van der Waals surface area contributed by atoms with Crippen molar-refractivity contribution < 1.29 is 23.9 Å². The van der Waals surface area contributed by atoms with E-state index < -0.39 is 24.1 Å². The van der Waals surface area contributed by atoms with Gasteiger partial charge in [0, 0.05) is 24.2 Å². The predicted molar refractivity (Wildman–Crippen MR) is 130 cm³/mol. The summed E-state index contributed by atoms with van der Waals surface area (Å²) < 4.78 is 5.60. The number of hydrogen-bond donors (Lipinski definition) is 2. The van der Waals surface area contributed by atoms with Gasteiger partial charge in [-0.2, -0.15) is 0 Å². The van der Waals surface area contributed by atoms with Gasteiger partial charge in [0.25, 0.3) is 5.91 Å². The molecule has 4 amide bonds. The molecule has 1 aliphatic carbocycles. The largest absolute Gasteiger partial charge is 0.442 e. The molecule has 1 aromatic heterocycles. The average molecular weight is 491 g/mol. The zero-order chi connectivity index (χ0) is 25.4. The molecule has 1 aromatic carbocycles. The average Bonchev–Trinajstić information content (AvgIpc) is 3.19. The molecule has 1 saturated heterocycles. The molecule has 2 aromatic rings. The minimum absolute atomic E-state index is 0.209. The highest BCUT2D eigenvalue weighted by molar-refractivity contribution is 6.05. The van der Waals surface area contributed by atoms with Gasteiger partial charge < -0.3 is 15.0 Å². The number of hydrogen-bond acceptors (Lipinski definition) is 6. The molecule has 9 heteroatoms. The van der Waals surface area contributed by atoms with E-state index in [-0.39, 0.29) is 24.3 Å². The van der Waals surface area contributed by atoms with E-state index in [1.807, 2.05) is 25.1 Å². The summed E-state index contributed by atoms with van der Waals surface area (Å²) in [6, 6.07) is 8.46. The van der Waals surface area contributed by atoms with E-state index in [0.29, 0.717) is 24.1 Å². The molecular formula is C27H30N4O5. The number of nitrogens with zero attached hydrogens (tertiary/aromatic N) is 2. The second kappa shape index (κ2) is 9.72. The Kier molecular flexibility index (Phi) is 6.47. The van der Waals surface area contributed by atoms with Crippen LogP contribution >= 0.6 is 0 Å². The number of aryl methyl sites for hydroxylation is 2. The highest BCUT2D eigenvalue weighted by Crippen LogP contribution is 2.30. The van der Waals surface area contributed by atoms with Gasteiger partial charge in [-0.25, -0.2) is 4.79 Å². The van der Waals surface area contributed by atoms with E-state index in [1.165, 1.54) is 16.9 Å². The van der Waals surface area contributed by atoms with Crippen molar-refractivity contribution in [1.82, 2.24) is 20.5 Å². The SMILES string of the molecule is CC(NC(=O)OC(C)c1ccc2c(c1)C(=O)N(C1CCC(=O)NC1=O)C2)c1ccc2c(n1)CCCC2. The quantitative estimate of drug-likeness (QED) is 0.621. The fraction of sp³-hybridized carbons (Fsp3) is 0.444. The van der Waals surface area contributed by atoms with Crippen molar-refractivity contribution in [2.45, 2.75) is 77.1 Å². The lowest BCUT2D eigenvalue weighted by atomic mass is 9.95. The maximum absolute atomic E-state index is 13.1. The van der Waals surface area contributed by atoms with Crippen LogP contribution in [0, 0.1) is 0 Å². The third-order valence-corrected chi connectivity index (χ3v) is 7.28. The van der Waals surface area contributed by atoms with Gasteiger partial charge in [0.15, 0.2) is 0 Å². The van der Waals surface area contributed by atoms with E-state index in [9.17, 15) is 19.2 Å². The van der Waals surface area contributed by atoms with Gasteiger partial charge >= 0.3 is 6.09 Å². The van der Waals surface area contributed by atoms with E-state index >= 15 is 0 Å². The molecule has 3 unspecified atom stereocenters. The highest BCUT2D eigenvalue weighted by Gasteiger charge is 2.39. The van der Waals surface area contributed by atoms with Crippen LogP contribution in [0.3, 0.4) is 0 Å². The van der Waals surface area contributed by atoms with Crippen LogP contribution in [0.2, 0.25) is 0 Å². The third kappa shape index (κ3) is 4.69. The number of rotatable bonds is 5. The van der Waals surface area contributed by atoms with Gasteiger partial charge in [-0.05, 0) is 74.8 Å². The molecule has 1 fully saturated rings. The van der Waals surface area contributed by atoms with Crippen LogP contribution in [0.25, 0.3) is 0 Å². The van der Waals surface area contributed by atoms with Crippen LogP contribution in [-0.4, -0.2) is 39.7 Å². The van der Waals surface area contributed by atoms with Crippen LogP contribution < -0.4 is 10.6 Å². The van der Waals surface area contributed by atoms with Crippen molar-refractivity contribution in [3.05, 3.63) is 64.0 Å². The summed E-state index contributed by atoms with van der Waals surface area (Å²) >= 11 is 0. The minimum Gasteiger partial charge on any atom is -0.442 e. The number of amides is 4. The second-order valence-electron chi connectivity index (χ2n) is 9.78. The highest BCUT2D eigenvalue weighted by atomic mass is 16.6. The van der Waals surface area contributed by atoms with Gasteiger partial charge in [-0.1, -0.05) is 18.2 Å². The number of fused-ring (bicyclic) bond motifs is 2. The predicted octanol–water partition coefficient (Wildman–Crippen LogP) is 3.27. The molecule has 9 nitrogen and oxygen atoms in total. The number of piperidine rings is 1. The van der Waals surface area contributed by atoms with E-state index in [2.05, 4.69) is 16.7 Å². The first-order valence-corrected chi connectivity index (χ1v) is 12.5. The van der Waals surface area contributed by atoms with Crippen LogP contribution in [-0.2, 0) is 33.7 Å². The summed E-state index contributed by atoms with van der Waals surface area (Å²) in [5.41, 5.74) is 5.18. The minimum atomic E-state index is -0.663. The lowest BCUT2D eigenvalue weighted by Gasteiger charge is -2.29. The summed E-state index contributed by atoms with van der Waals surface area (Å²) in [7, 11) is 0. The molecule has 36 heavy (non-hydrogen) atoms. The number of imide groups is 1. The molecular weight excluding hydrogens is 460 g/mol. The Morgan fingerprint density at radius 2 is 1.86 bits per heavy atom. The van der Waals surface area contributed by atoms with E-state index in [4.69, 9.17) is 9.72 Å². The van der Waals surface area contributed by atoms with Crippen LogP contribution in [0.4, 0.5) is 4.79 Å². The number of carbonyl (C=O) groups is 4. The molecule has 0 radical (unpaired) electrons. The maximum atomic E-state index is 13.1. The fourth-order valence-electron chi connectivity index (χ4n) is 5.18. The Bertz CT molecular complexity index is 1240. The summed E-state index contributed by atoms with van der Waals surface area (Å²) in [4.78, 5) is 55.6. The number of alkyl carbamates (subject to hydrolysis) is 1. The first kappa shape index (κ1) is 24.0. The summed E-state index contributed by atoms with van der Waals surface area (Å²) in [6.45, 7) is 3.93. The van der Waals surface area contributed by atoms with Crippen molar-refractivity contribution in [3.63, 3.8) is 0 Å². The Labute approximate surface area is 209 Å². The smallest absolute Gasteiger partial charge is 0.408 e. The molecule has 0 bridgehead atoms. The van der Waals surface area contributed by atoms with Gasteiger partial charge in [-0.3, -0.25) is 24.7 Å². The van der Waals surface area contributed by atoms with Gasteiger partial charge in [0.2, 0.25) is 11.8 Å². The molecule has 3 aliphatic rings. The van der Waals surface area contributed by atoms with Crippen LogP contribution in [0.1, 0.15) is 90.1 Å². The summed E-state index contributed by atoms with van der Waals surface area (Å²) in [5.74, 6) is -1.02. The molecule has 3 atom stereocenters. The molecule has 0 saturated carbocycles. The Morgan fingerprint density at radius 1 is 1.08 bits per heavy atom. The standard InChI is InChI=1S/C27H30N4O5/c1-15(21-10-9-17-5-3-4-6-22(17)29-21)28-27(35)36-16(2)18-7-8-19-14-31(26(34)20(19)13-18)23-11-12-24(32)30-25(23)33/h7-10,13,15-16,23H,3-6,11-12,14H2,1-2H3,(H,28,35)(H,30,32,33). The lowest BCUT2D eigenvalue weighted by Crippen LogP contribution is -2.52. The molecule has 2 N–H and O–H groups in total. The first-order chi connectivity index (χ1) is 17.3. The molecule has 188 valence electrons. The number of nitrogens with one attached hydrogen (secondary N) is 2. The van der Waals surface area contributed by atoms with Gasteiger partial charge in [0.05, 0.1) is 11.7 Å². The number of ether oxygens (including phenoxy) is 1. The fourth-order valence-corrected chi connectivity index (χ4v) is 5.18. The Morgan fingerprint density at radius 3 is 2.67 bits per heavy atom. The Hall–Kier alpha value is -3.75. The first-order valence-electron chi connectivity index (χ1n) is 12.5. The Balaban J connectivity index is 1.21. The maximum Gasteiger partial charge on any atom is 0.408 e. The van der Waals surface area contributed by atoms with Crippen LogP contribution in [0.15, 0.2) is 30.3 Å². The normalized spacial score (nSPS) is 20.8. The summed E-state index contributed by atoms with van der Waals surface area (Å²) in [6.07, 6.45) is 3.72. The monoisotopic (exact) mass is 490 g/mol. The van der Waals surface area contributed by atoms with Crippen molar-refractivity contribution >= 4 is 23.8 Å². The van der Waals surface area contributed by atoms with Gasteiger partial charge in [-0.15, -0.1) is 0 Å². The van der Waals surface area contributed by atoms with E-state index in [0.717, 1.165) is 36.2 Å². The van der Waals surface area contributed by atoms with Crippen molar-refractivity contribution in [2.24, 2.45) is 0 Å². The number of carbonyl (C=O) groups excluding carboxylic acids is 4. The number of benzene rings is 1. The van der Waals surface area contributed by atoms with E-state index in [1.54, 1.807) is 13.0 Å². The van der Waals surface area contributed by atoms with Crippen LogP contribution in [0.5, 0.6) is 0 Å². The van der Waals surface area contributed by atoms with Gasteiger partial charge in [0.1, 0.15) is 12.1 Å². The third-order valence-electron chi connectivity index (χ3n) is 7.28. The van der Waals surface area contributed by atoms with Crippen molar-refractivity contribution in [1.29, 1.82) is 0 Å². The second-order valence-corrected chi connectivity index (χ2v) is 9.78.